The first-order valence-corrected chi connectivity index (χ1v) is 8.65. The van der Waals surface area contributed by atoms with Crippen molar-refractivity contribution in [3.8, 4) is 22.2 Å². The topological polar surface area (TPSA) is 57.0 Å². The summed E-state index contributed by atoms with van der Waals surface area (Å²) in [6.45, 7) is 3.54. The Morgan fingerprint density at radius 2 is 2.17 bits per heavy atom. The van der Waals surface area contributed by atoms with Crippen LogP contribution in [0, 0.1) is 6.92 Å². The molecular formula is C18H17N3O2S. The van der Waals surface area contributed by atoms with E-state index >= 15 is 0 Å². The fourth-order valence-electron chi connectivity index (χ4n) is 3.19. The lowest BCUT2D eigenvalue weighted by atomic mass is 9.91. The minimum atomic E-state index is 0.0777. The zero-order valence-corrected chi connectivity index (χ0v) is 14.6. The Kier molecular flexibility index (Phi) is 3.49. The normalized spacial score (nSPS) is 12.6. The van der Waals surface area contributed by atoms with E-state index in [0.29, 0.717) is 5.88 Å². The highest BCUT2D eigenvalue weighted by Crippen LogP contribution is 2.48. The van der Waals surface area contributed by atoms with Crippen molar-refractivity contribution in [2.45, 2.75) is 26.7 Å². The molecule has 0 N–H and O–H groups in total. The highest BCUT2D eigenvalue weighted by atomic mass is 32.1. The number of nitrogens with zero attached hydrogens (tertiary/aromatic N) is 3. The summed E-state index contributed by atoms with van der Waals surface area (Å²) in [7, 11) is 1.92. The standard InChI is InChI=1S/C18H17N3O2S/c1-10-5-4-6-14(20-10)23-18-15-13(17(24-18)11(2)22)8-7-12-9-19-21(3)16(12)15/h4-6,9H,7-8H2,1-3H3. The van der Waals surface area contributed by atoms with E-state index in [1.54, 1.807) is 6.92 Å². The average Bonchev–Trinajstić information content (AvgIpc) is 3.09. The number of carbonyl (C=O) groups excluding carboxylic acids is 1. The molecule has 0 aromatic carbocycles. The van der Waals surface area contributed by atoms with Crippen molar-refractivity contribution >= 4 is 17.1 Å². The number of carbonyl (C=O) groups is 1. The zero-order valence-electron chi connectivity index (χ0n) is 13.8. The molecule has 0 radical (unpaired) electrons. The Morgan fingerprint density at radius 1 is 1.33 bits per heavy atom. The number of aryl methyl sites for hydroxylation is 3. The van der Waals surface area contributed by atoms with Gasteiger partial charge in [0, 0.05) is 18.8 Å². The molecule has 24 heavy (non-hydrogen) atoms. The van der Waals surface area contributed by atoms with Crippen LogP contribution in [0.4, 0.5) is 0 Å². The number of hydrogen-bond donors (Lipinski definition) is 0. The fourth-order valence-corrected chi connectivity index (χ4v) is 4.30. The summed E-state index contributed by atoms with van der Waals surface area (Å²) in [6, 6.07) is 5.68. The lowest BCUT2D eigenvalue weighted by molar-refractivity contribution is 0.102. The minimum Gasteiger partial charge on any atom is -0.428 e. The number of hydrogen-bond acceptors (Lipinski definition) is 5. The van der Waals surface area contributed by atoms with Gasteiger partial charge in [0.2, 0.25) is 5.88 Å². The van der Waals surface area contributed by atoms with Crippen LogP contribution in [0.1, 0.15) is 33.4 Å². The fraction of sp³-hybridized carbons (Fsp3) is 0.278. The van der Waals surface area contributed by atoms with Gasteiger partial charge in [-0.1, -0.05) is 17.4 Å². The Morgan fingerprint density at radius 3 is 2.92 bits per heavy atom. The molecule has 0 aliphatic heterocycles. The molecule has 4 rings (SSSR count). The van der Waals surface area contributed by atoms with E-state index in [9.17, 15) is 4.79 Å². The number of pyridine rings is 1. The monoisotopic (exact) mass is 339 g/mol. The molecule has 0 fully saturated rings. The van der Waals surface area contributed by atoms with Crippen molar-refractivity contribution in [1.82, 2.24) is 14.8 Å². The smallest absolute Gasteiger partial charge is 0.220 e. The third-order valence-electron chi connectivity index (χ3n) is 4.25. The summed E-state index contributed by atoms with van der Waals surface area (Å²) in [4.78, 5) is 17.3. The molecule has 5 nitrogen and oxygen atoms in total. The predicted octanol–water partition coefficient (Wildman–Crippen LogP) is 3.95. The molecular weight excluding hydrogens is 322 g/mol. The number of Topliss-reactive ketones (excluding diaryl/α,β-unsaturated/α-hetero) is 1. The molecule has 0 saturated heterocycles. The van der Waals surface area contributed by atoms with Crippen molar-refractivity contribution in [3.05, 3.63) is 46.1 Å². The van der Waals surface area contributed by atoms with Gasteiger partial charge in [-0.3, -0.25) is 9.48 Å². The summed E-state index contributed by atoms with van der Waals surface area (Å²) in [5, 5.41) is 5.10. The van der Waals surface area contributed by atoms with Gasteiger partial charge in [0.25, 0.3) is 0 Å². The number of aromatic nitrogens is 3. The van der Waals surface area contributed by atoms with Crippen LogP contribution in [0.25, 0.3) is 11.3 Å². The van der Waals surface area contributed by atoms with Gasteiger partial charge in [-0.25, -0.2) is 4.98 Å². The van der Waals surface area contributed by atoms with Crippen LogP contribution in [0.5, 0.6) is 10.9 Å². The van der Waals surface area contributed by atoms with Crippen molar-refractivity contribution in [3.63, 3.8) is 0 Å². The van der Waals surface area contributed by atoms with E-state index in [4.69, 9.17) is 4.74 Å². The first-order valence-electron chi connectivity index (χ1n) is 7.84. The van der Waals surface area contributed by atoms with Crippen molar-refractivity contribution in [2.75, 3.05) is 0 Å². The molecule has 0 bridgehead atoms. The second-order valence-corrected chi connectivity index (χ2v) is 6.97. The van der Waals surface area contributed by atoms with Gasteiger partial charge in [0.15, 0.2) is 10.8 Å². The van der Waals surface area contributed by atoms with Gasteiger partial charge in [0.05, 0.1) is 22.3 Å². The molecule has 1 aliphatic carbocycles. The second-order valence-electron chi connectivity index (χ2n) is 5.99. The molecule has 0 amide bonds. The Bertz CT molecular complexity index is 955. The van der Waals surface area contributed by atoms with Crippen LogP contribution in [0.2, 0.25) is 0 Å². The molecule has 0 unspecified atom stereocenters. The SMILES string of the molecule is CC(=O)c1sc(Oc2cccc(C)n2)c2c1CCc1cnn(C)c1-2. The average molecular weight is 339 g/mol. The first kappa shape index (κ1) is 15.1. The van der Waals surface area contributed by atoms with E-state index in [0.717, 1.165) is 45.3 Å². The van der Waals surface area contributed by atoms with E-state index in [1.165, 1.54) is 16.9 Å². The maximum absolute atomic E-state index is 12.1. The first-order chi connectivity index (χ1) is 11.5. The van der Waals surface area contributed by atoms with Crippen LogP contribution in [0.15, 0.2) is 24.4 Å². The Hall–Kier alpha value is -2.47. The molecule has 122 valence electrons. The molecule has 6 heteroatoms. The Balaban J connectivity index is 1.89. The van der Waals surface area contributed by atoms with Crippen LogP contribution >= 0.6 is 11.3 Å². The third-order valence-corrected chi connectivity index (χ3v) is 5.46. The van der Waals surface area contributed by atoms with Gasteiger partial charge in [-0.2, -0.15) is 5.10 Å². The lowest BCUT2D eigenvalue weighted by Crippen LogP contribution is -2.07. The van der Waals surface area contributed by atoms with Crippen molar-refractivity contribution in [1.29, 1.82) is 0 Å². The molecule has 1 aliphatic rings. The highest BCUT2D eigenvalue weighted by molar-refractivity contribution is 7.16. The summed E-state index contributed by atoms with van der Waals surface area (Å²) in [5.41, 5.74) is 5.20. The molecule has 3 heterocycles. The molecule has 3 aromatic heterocycles. The molecule has 0 atom stereocenters. The maximum atomic E-state index is 12.1. The molecule has 0 spiro atoms. The van der Waals surface area contributed by atoms with Gasteiger partial charge in [-0.05, 0) is 43.9 Å². The molecule has 3 aromatic rings. The quantitative estimate of drug-likeness (QED) is 0.678. The Labute approximate surface area is 143 Å². The van der Waals surface area contributed by atoms with Crippen molar-refractivity contribution in [2.24, 2.45) is 7.05 Å². The van der Waals surface area contributed by atoms with Gasteiger partial charge >= 0.3 is 0 Å². The predicted molar refractivity (Wildman–Crippen MR) is 93.0 cm³/mol. The number of rotatable bonds is 3. The number of ether oxygens (including phenoxy) is 1. The van der Waals surface area contributed by atoms with Gasteiger partial charge in [-0.15, -0.1) is 0 Å². The second kappa shape index (κ2) is 5.56. The van der Waals surface area contributed by atoms with Gasteiger partial charge < -0.3 is 4.74 Å². The van der Waals surface area contributed by atoms with Crippen LogP contribution in [-0.4, -0.2) is 20.5 Å². The number of thiophene rings is 1. The van der Waals surface area contributed by atoms with Crippen LogP contribution in [-0.2, 0) is 19.9 Å². The summed E-state index contributed by atoms with van der Waals surface area (Å²) in [6.07, 6.45) is 3.64. The van der Waals surface area contributed by atoms with E-state index < -0.39 is 0 Å². The minimum absolute atomic E-state index is 0.0777. The van der Waals surface area contributed by atoms with E-state index in [-0.39, 0.29) is 5.78 Å². The van der Waals surface area contributed by atoms with Crippen molar-refractivity contribution < 1.29 is 9.53 Å². The van der Waals surface area contributed by atoms with E-state index in [2.05, 4.69) is 10.1 Å². The third kappa shape index (κ3) is 2.34. The van der Waals surface area contributed by atoms with Crippen LogP contribution in [0.3, 0.4) is 0 Å². The molecule has 0 saturated carbocycles. The van der Waals surface area contributed by atoms with Gasteiger partial charge in [0.1, 0.15) is 0 Å². The zero-order chi connectivity index (χ0) is 16.8. The van der Waals surface area contributed by atoms with E-state index in [1.807, 2.05) is 43.0 Å². The largest absolute Gasteiger partial charge is 0.428 e. The summed E-state index contributed by atoms with van der Waals surface area (Å²) < 4.78 is 7.95. The number of fused-ring (bicyclic) bond motifs is 3. The highest BCUT2D eigenvalue weighted by Gasteiger charge is 2.30. The van der Waals surface area contributed by atoms with Crippen LogP contribution < -0.4 is 4.74 Å². The summed E-state index contributed by atoms with van der Waals surface area (Å²) in [5.74, 6) is 0.623. The summed E-state index contributed by atoms with van der Waals surface area (Å²) >= 11 is 1.41. The maximum Gasteiger partial charge on any atom is 0.220 e. The number of ketones is 1. The lowest BCUT2D eigenvalue weighted by Gasteiger charge is -2.16.